The van der Waals surface area contributed by atoms with E-state index in [2.05, 4.69) is 31.9 Å². The molecule has 0 radical (unpaired) electrons. The maximum Gasteiger partial charge on any atom is 0.370 e. The fourth-order valence-electron chi connectivity index (χ4n) is 1.21. The van der Waals surface area contributed by atoms with Crippen LogP contribution < -0.4 is 0 Å². The zero-order valence-corrected chi connectivity index (χ0v) is 17.3. The second-order valence-electron chi connectivity index (χ2n) is 4.99. The molecule has 0 rings (SSSR count). The van der Waals surface area contributed by atoms with E-state index in [1.165, 1.54) is 0 Å². The van der Waals surface area contributed by atoms with Crippen molar-refractivity contribution >= 4 is 47.1 Å². The summed E-state index contributed by atoms with van der Waals surface area (Å²) in [5.74, 6) is 0. The molecule has 10 heteroatoms. The maximum atomic E-state index is 12.9. The van der Waals surface area contributed by atoms with Crippen LogP contribution in [0.3, 0.4) is 0 Å². The third-order valence-electron chi connectivity index (χ3n) is 1.72. The summed E-state index contributed by atoms with van der Waals surface area (Å²) in [5.41, 5.74) is 0. The van der Waals surface area contributed by atoms with Crippen molar-refractivity contribution in [3.8, 4) is 0 Å². The summed E-state index contributed by atoms with van der Waals surface area (Å²) < 4.78 is 38.9. The van der Waals surface area contributed by atoms with Crippen LogP contribution in [0.4, 0.5) is 0 Å². The minimum Gasteiger partial charge on any atom is -0.322 e. The molecule has 0 amide bonds. The molecule has 0 aliphatic carbocycles. The lowest BCUT2D eigenvalue weighted by molar-refractivity contribution is 0.140. The number of hydrogen-bond acceptors (Lipinski definition) is 5. The Kier molecular flexibility index (Phi) is 8.18. The summed E-state index contributed by atoms with van der Waals surface area (Å²) in [6.45, 7) is 9.79. The SMILES string of the molecule is CC(C)OP(=O)(O)C(Br)(Br)P(=O)(OC(C)C)OC(C)C. The van der Waals surface area contributed by atoms with E-state index in [1.54, 1.807) is 41.5 Å². The molecular weight excluding hydrogens is 438 g/mol. The van der Waals surface area contributed by atoms with Crippen molar-refractivity contribution in [2.75, 3.05) is 0 Å². The van der Waals surface area contributed by atoms with Gasteiger partial charge in [0, 0.05) is 0 Å². The average molecular weight is 460 g/mol. The second kappa shape index (κ2) is 7.69. The van der Waals surface area contributed by atoms with Crippen molar-refractivity contribution in [2.24, 2.45) is 0 Å². The Morgan fingerprint density at radius 3 is 1.40 bits per heavy atom. The first-order chi connectivity index (χ1) is 8.75. The Morgan fingerprint density at radius 1 is 0.850 bits per heavy atom. The largest absolute Gasteiger partial charge is 0.370 e. The van der Waals surface area contributed by atoms with Gasteiger partial charge in [0.2, 0.25) is 0 Å². The topological polar surface area (TPSA) is 82.1 Å². The summed E-state index contributed by atoms with van der Waals surface area (Å²) in [6, 6.07) is 0. The van der Waals surface area contributed by atoms with E-state index in [0.29, 0.717) is 0 Å². The molecule has 0 heterocycles. The van der Waals surface area contributed by atoms with Crippen molar-refractivity contribution in [3.63, 3.8) is 0 Å². The molecule has 0 aromatic rings. The van der Waals surface area contributed by atoms with E-state index < -0.39 is 36.2 Å². The number of halogens is 2. The predicted molar refractivity (Wildman–Crippen MR) is 86.7 cm³/mol. The van der Waals surface area contributed by atoms with Gasteiger partial charge in [-0.3, -0.25) is 9.13 Å². The molecule has 1 atom stereocenters. The molecule has 0 fully saturated rings. The van der Waals surface area contributed by atoms with Crippen molar-refractivity contribution in [1.82, 2.24) is 0 Å². The summed E-state index contributed by atoms with van der Waals surface area (Å²) in [5, 5.41) is 0. The molecule has 1 unspecified atom stereocenters. The summed E-state index contributed by atoms with van der Waals surface area (Å²) >= 11 is 5.95. The fourth-order valence-corrected chi connectivity index (χ4v) is 6.49. The Balaban J connectivity index is 5.65. The molecule has 0 aromatic carbocycles. The zero-order chi connectivity index (χ0) is 16.4. The van der Waals surface area contributed by atoms with Crippen LogP contribution >= 0.6 is 47.1 Å². The van der Waals surface area contributed by atoms with Crippen LogP contribution in [-0.2, 0) is 22.7 Å². The van der Waals surface area contributed by atoms with Gasteiger partial charge in [-0.25, -0.2) is 0 Å². The highest BCUT2D eigenvalue weighted by molar-refractivity contribution is 9.29. The van der Waals surface area contributed by atoms with Crippen LogP contribution in [0.2, 0.25) is 0 Å². The lowest BCUT2D eigenvalue weighted by Crippen LogP contribution is -2.23. The second-order valence-corrected chi connectivity index (χ2v) is 15.2. The van der Waals surface area contributed by atoms with Crippen LogP contribution in [0.25, 0.3) is 0 Å². The van der Waals surface area contributed by atoms with E-state index in [9.17, 15) is 14.0 Å². The van der Waals surface area contributed by atoms with E-state index in [4.69, 9.17) is 13.6 Å². The standard InChI is InChI=1S/C10H22Br2O6P2/c1-7(2)16-19(13,14)10(11,12)20(15,17-8(3)4)18-9(5)6/h7-9H,1-6H3,(H,13,14). The molecule has 0 aromatic heterocycles. The monoisotopic (exact) mass is 458 g/mol. The van der Waals surface area contributed by atoms with Gasteiger partial charge in [-0.05, 0) is 73.4 Å². The minimum absolute atomic E-state index is 0.465. The van der Waals surface area contributed by atoms with E-state index in [1.807, 2.05) is 0 Å². The predicted octanol–water partition coefficient (Wildman–Crippen LogP) is 5.04. The van der Waals surface area contributed by atoms with Gasteiger partial charge in [0.25, 0.3) is 2.72 Å². The van der Waals surface area contributed by atoms with Gasteiger partial charge in [0.15, 0.2) is 0 Å². The van der Waals surface area contributed by atoms with Crippen LogP contribution in [0.15, 0.2) is 0 Å². The van der Waals surface area contributed by atoms with E-state index in [-0.39, 0.29) is 0 Å². The summed E-state index contributed by atoms with van der Waals surface area (Å²) in [4.78, 5) is 10.1. The smallest absolute Gasteiger partial charge is 0.322 e. The Bertz CT molecular complexity index is 397. The summed E-state index contributed by atoms with van der Waals surface area (Å²) in [6.07, 6.45) is -1.46. The van der Waals surface area contributed by atoms with E-state index >= 15 is 0 Å². The van der Waals surface area contributed by atoms with Crippen molar-refractivity contribution in [1.29, 1.82) is 0 Å². The Morgan fingerprint density at radius 2 is 1.15 bits per heavy atom. The highest BCUT2D eigenvalue weighted by atomic mass is 79.9. The molecule has 0 aliphatic rings. The van der Waals surface area contributed by atoms with Crippen LogP contribution in [0, 0.1) is 0 Å². The highest BCUT2D eigenvalue weighted by Gasteiger charge is 2.62. The van der Waals surface area contributed by atoms with Gasteiger partial charge in [-0.1, -0.05) is 0 Å². The van der Waals surface area contributed by atoms with Gasteiger partial charge in [0.1, 0.15) is 0 Å². The third-order valence-corrected chi connectivity index (χ3v) is 12.0. The van der Waals surface area contributed by atoms with Crippen molar-refractivity contribution < 1.29 is 27.6 Å². The highest BCUT2D eigenvalue weighted by Crippen LogP contribution is 2.82. The number of alkyl halides is 2. The zero-order valence-electron chi connectivity index (χ0n) is 12.4. The van der Waals surface area contributed by atoms with E-state index in [0.717, 1.165) is 0 Å². The van der Waals surface area contributed by atoms with Gasteiger partial charge in [-0.15, -0.1) is 0 Å². The fraction of sp³-hybridized carbons (Fsp3) is 1.00. The first-order valence-corrected chi connectivity index (χ1v) is 10.8. The molecule has 0 saturated heterocycles. The lowest BCUT2D eigenvalue weighted by Gasteiger charge is -2.34. The molecule has 0 saturated carbocycles. The van der Waals surface area contributed by atoms with Gasteiger partial charge < -0.3 is 18.5 Å². The Labute approximate surface area is 137 Å². The summed E-state index contributed by atoms with van der Waals surface area (Å²) in [7, 11) is -8.38. The molecule has 6 nitrogen and oxygen atoms in total. The van der Waals surface area contributed by atoms with Crippen LogP contribution in [0.5, 0.6) is 0 Å². The first kappa shape index (κ1) is 21.3. The van der Waals surface area contributed by atoms with Crippen LogP contribution in [0.1, 0.15) is 41.5 Å². The molecule has 1 N–H and O–H groups in total. The maximum absolute atomic E-state index is 12.9. The lowest BCUT2D eigenvalue weighted by atomic mass is 10.5. The van der Waals surface area contributed by atoms with Crippen molar-refractivity contribution in [2.45, 2.75) is 62.6 Å². The Hall–Kier alpha value is 1.26. The molecule has 122 valence electrons. The molecule has 0 aliphatic heterocycles. The van der Waals surface area contributed by atoms with Crippen LogP contribution in [-0.4, -0.2) is 25.9 Å². The third kappa shape index (κ3) is 5.47. The average Bonchev–Trinajstić information content (AvgIpc) is 2.11. The molecule has 20 heavy (non-hydrogen) atoms. The quantitative estimate of drug-likeness (QED) is 0.404. The van der Waals surface area contributed by atoms with Gasteiger partial charge in [-0.2, -0.15) is 0 Å². The number of rotatable bonds is 8. The van der Waals surface area contributed by atoms with Gasteiger partial charge >= 0.3 is 15.2 Å². The molecule has 0 bridgehead atoms. The first-order valence-electron chi connectivity index (χ1n) is 6.11. The molecule has 0 spiro atoms. The molecular formula is C10H22Br2O6P2. The normalized spacial score (nSPS) is 17.0. The van der Waals surface area contributed by atoms with Gasteiger partial charge in [0.05, 0.1) is 18.3 Å². The minimum atomic E-state index is -4.37. The van der Waals surface area contributed by atoms with Crippen molar-refractivity contribution in [3.05, 3.63) is 0 Å². The number of hydrogen-bond donors (Lipinski definition) is 1.